The van der Waals surface area contributed by atoms with Gasteiger partial charge in [-0.15, -0.1) is 11.3 Å². The summed E-state index contributed by atoms with van der Waals surface area (Å²) in [7, 11) is 0. The third-order valence-electron chi connectivity index (χ3n) is 1.98. The quantitative estimate of drug-likeness (QED) is 0.585. The Morgan fingerprint density at radius 1 is 1.60 bits per heavy atom. The van der Waals surface area contributed by atoms with E-state index in [9.17, 15) is 9.59 Å². The zero-order valence-corrected chi connectivity index (χ0v) is 9.89. The molecule has 1 rings (SSSR count). The molecule has 0 aliphatic carbocycles. The lowest BCUT2D eigenvalue weighted by Gasteiger charge is -2.05. The van der Waals surface area contributed by atoms with Gasteiger partial charge in [0, 0.05) is 0 Å². The average molecular weight is 226 g/mol. The summed E-state index contributed by atoms with van der Waals surface area (Å²) in [5, 5.41) is 0. The average Bonchev–Trinajstić information content (AvgIpc) is 2.61. The predicted octanol–water partition coefficient (Wildman–Crippen LogP) is 2.86. The number of carbonyl (C=O) groups excluding carboxylic acids is 2. The Labute approximate surface area is 93.1 Å². The molecule has 15 heavy (non-hydrogen) atoms. The topological polar surface area (TPSA) is 43.4 Å². The van der Waals surface area contributed by atoms with Gasteiger partial charge < -0.3 is 4.74 Å². The molecule has 1 aromatic heterocycles. The zero-order valence-electron chi connectivity index (χ0n) is 9.07. The SMILES string of the molecule is CCOC(=O)c1sc(C=O)cc1C(C)C. The normalized spacial score (nSPS) is 10.4. The molecule has 0 aliphatic rings. The van der Waals surface area contributed by atoms with Gasteiger partial charge >= 0.3 is 5.97 Å². The predicted molar refractivity (Wildman–Crippen MR) is 59.8 cm³/mol. The fraction of sp³-hybridized carbons (Fsp3) is 0.455. The van der Waals surface area contributed by atoms with Crippen LogP contribution in [0.2, 0.25) is 0 Å². The minimum atomic E-state index is -0.334. The summed E-state index contributed by atoms with van der Waals surface area (Å²) in [6, 6.07) is 1.76. The molecule has 0 saturated heterocycles. The van der Waals surface area contributed by atoms with Gasteiger partial charge in [-0.3, -0.25) is 4.79 Å². The summed E-state index contributed by atoms with van der Waals surface area (Å²) in [5.41, 5.74) is 0.889. The van der Waals surface area contributed by atoms with E-state index in [-0.39, 0.29) is 11.9 Å². The van der Waals surface area contributed by atoms with Gasteiger partial charge in [0.05, 0.1) is 11.5 Å². The van der Waals surface area contributed by atoms with E-state index in [2.05, 4.69) is 0 Å². The first kappa shape index (κ1) is 11.9. The van der Waals surface area contributed by atoms with Crippen LogP contribution in [0.3, 0.4) is 0 Å². The molecule has 0 radical (unpaired) electrons. The number of hydrogen-bond donors (Lipinski definition) is 0. The molecule has 0 N–H and O–H groups in total. The highest BCUT2D eigenvalue weighted by atomic mass is 32.1. The van der Waals surface area contributed by atoms with Crippen LogP contribution in [-0.4, -0.2) is 18.9 Å². The maximum absolute atomic E-state index is 11.6. The van der Waals surface area contributed by atoms with E-state index < -0.39 is 0 Å². The molecular formula is C11H14O3S. The van der Waals surface area contributed by atoms with E-state index >= 15 is 0 Å². The van der Waals surface area contributed by atoms with Crippen molar-refractivity contribution in [3.63, 3.8) is 0 Å². The van der Waals surface area contributed by atoms with Crippen LogP contribution in [0.1, 0.15) is 51.6 Å². The van der Waals surface area contributed by atoms with E-state index in [4.69, 9.17) is 4.74 Å². The van der Waals surface area contributed by atoms with Gasteiger partial charge in [0.2, 0.25) is 0 Å². The van der Waals surface area contributed by atoms with Gasteiger partial charge in [-0.25, -0.2) is 4.79 Å². The van der Waals surface area contributed by atoms with Crippen molar-refractivity contribution in [3.05, 3.63) is 21.4 Å². The first-order valence-corrected chi connectivity index (χ1v) is 5.67. The van der Waals surface area contributed by atoms with Crippen molar-refractivity contribution in [1.82, 2.24) is 0 Å². The van der Waals surface area contributed by atoms with Crippen molar-refractivity contribution >= 4 is 23.6 Å². The summed E-state index contributed by atoms with van der Waals surface area (Å²) in [5.74, 6) is -0.117. The standard InChI is InChI=1S/C11H14O3S/c1-4-14-11(13)10-9(7(2)3)5-8(6-12)15-10/h5-7H,4H2,1-3H3. The van der Waals surface area contributed by atoms with Gasteiger partial charge in [-0.05, 0) is 24.5 Å². The Kier molecular flexibility index (Phi) is 4.03. The van der Waals surface area contributed by atoms with Crippen LogP contribution in [0.4, 0.5) is 0 Å². The highest BCUT2D eigenvalue weighted by Gasteiger charge is 2.18. The Morgan fingerprint density at radius 3 is 2.73 bits per heavy atom. The second-order valence-electron chi connectivity index (χ2n) is 3.43. The van der Waals surface area contributed by atoms with Gasteiger partial charge in [0.15, 0.2) is 6.29 Å². The molecule has 0 fully saturated rings. The van der Waals surface area contributed by atoms with Crippen molar-refractivity contribution in [2.45, 2.75) is 26.7 Å². The lowest BCUT2D eigenvalue weighted by Crippen LogP contribution is -2.05. The van der Waals surface area contributed by atoms with Crippen molar-refractivity contribution in [1.29, 1.82) is 0 Å². The van der Waals surface area contributed by atoms with E-state index in [0.717, 1.165) is 11.8 Å². The first-order valence-electron chi connectivity index (χ1n) is 4.86. The third kappa shape index (κ3) is 2.65. The monoisotopic (exact) mass is 226 g/mol. The van der Waals surface area contributed by atoms with Crippen LogP contribution >= 0.6 is 11.3 Å². The van der Waals surface area contributed by atoms with Crippen molar-refractivity contribution < 1.29 is 14.3 Å². The first-order chi connectivity index (χ1) is 7.10. The molecule has 0 aliphatic heterocycles. The van der Waals surface area contributed by atoms with Crippen LogP contribution in [0.5, 0.6) is 0 Å². The molecule has 82 valence electrons. The molecular weight excluding hydrogens is 212 g/mol. The molecule has 1 heterocycles. The van der Waals surface area contributed by atoms with Crippen LogP contribution in [0.25, 0.3) is 0 Å². The lowest BCUT2D eigenvalue weighted by molar-refractivity contribution is 0.0530. The summed E-state index contributed by atoms with van der Waals surface area (Å²) >= 11 is 1.19. The molecule has 0 saturated carbocycles. The molecule has 4 heteroatoms. The maximum Gasteiger partial charge on any atom is 0.348 e. The molecule has 0 unspecified atom stereocenters. The zero-order chi connectivity index (χ0) is 11.4. The Hall–Kier alpha value is -1.16. The highest BCUT2D eigenvalue weighted by Crippen LogP contribution is 2.28. The molecule has 0 atom stereocenters. The molecule has 0 amide bonds. The minimum absolute atomic E-state index is 0.217. The third-order valence-corrected chi connectivity index (χ3v) is 3.04. The summed E-state index contributed by atoms with van der Waals surface area (Å²) in [4.78, 5) is 23.3. The number of ether oxygens (including phenoxy) is 1. The van der Waals surface area contributed by atoms with E-state index in [1.165, 1.54) is 11.3 Å². The molecule has 3 nitrogen and oxygen atoms in total. The second kappa shape index (κ2) is 5.07. The van der Waals surface area contributed by atoms with Gasteiger partial charge in [-0.2, -0.15) is 0 Å². The van der Waals surface area contributed by atoms with E-state index in [1.807, 2.05) is 13.8 Å². The van der Waals surface area contributed by atoms with Crippen LogP contribution in [0, 0.1) is 0 Å². The molecule has 0 bridgehead atoms. The Morgan fingerprint density at radius 2 is 2.27 bits per heavy atom. The maximum atomic E-state index is 11.6. The molecule has 0 spiro atoms. The summed E-state index contributed by atoms with van der Waals surface area (Å²) in [6.07, 6.45) is 0.763. The largest absolute Gasteiger partial charge is 0.462 e. The minimum Gasteiger partial charge on any atom is -0.462 e. The van der Waals surface area contributed by atoms with Crippen LogP contribution in [0.15, 0.2) is 6.07 Å². The number of aldehydes is 1. The highest BCUT2D eigenvalue weighted by molar-refractivity contribution is 7.15. The Balaban J connectivity index is 3.08. The van der Waals surface area contributed by atoms with Crippen LogP contribution < -0.4 is 0 Å². The molecule has 0 aromatic carbocycles. The summed E-state index contributed by atoms with van der Waals surface area (Å²) < 4.78 is 4.93. The lowest BCUT2D eigenvalue weighted by atomic mass is 10.0. The Bertz CT molecular complexity index is 366. The van der Waals surface area contributed by atoms with E-state index in [1.54, 1.807) is 13.0 Å². The van der Waals surface area contributed by atoms with Crippen molar-refractivity contribution in [2.24, 2.45) is 0 Å². The number of hydrogen-bond acceptors (Lipinski definition) is 4. The van der Waals surface area contributed by atoms with Crippen LogP contribution in [-0.2, 0) is 4.74 Å². The second-order valence-corrected chi connectivity index (χ2v) is 4.51. The number of rotatable bonds is 4. The fourth-order valence-electron chi connectivity index (χ4n) is 1.27. The van der Waals surface area contributed by atoms with Gasteiger partial charge in [0.25, 0.3) is 0 Å². The van der Waals surface area contributed by atoms with Crippen molar-refractivity contribution in [2.75, 3.05) is 6.61 Å². The summed E-state index contributed by atoms with van der Waals surface area (Å²) in [6.45, 7) is 6.09. The fourth-order valence-corrected chi connectivity index (χ4v) is 2.29. The van der Waals surface area contributed by atoms with Gasteiger partial charge in [-0.1, -0.05) is 13.8 Å². The number of esters is 1. The number of thiophene rings is 1. The van der Waals surface area contributed by atoms with Crippen molar-refractivity contribution in [3.8, 4) is 0 Å². The number of carbonyl (C=O) groups is 2. The smallest absolute Gasteiger partial charge is 0.348 e. The van der Waals surface area contributed by atoms with Gasteiger partial charge in [0.1, 0.15) is 4.88 Å². The molecule has 1 aromatic rings. The van der Waals surface area contributed by atoms with E-state index in [0.29, 0.717) is 16.4 Å².